The molecule has 0 aliphatic heterocycles. The van der Waals surface area contributed by atoms with Crippen molar-refractivity contribution in [1.82, 2.24) is 5.32 Å². The fourth-order valence-corrected chi connectivity index (χ4v) is 2.51. The molecule has 0 bridgehead atoms. The van der Waals surface area contributed by atoms with E-state index in [1.807, 2.05) is 24.3 Å². The van der Waals surface area contributed by atoms with E-state index in [4.69, 9.17) is 5.73 Å². The van der Waals surface area contributed by atoms with Gasteiger partial charge in [0.25, 0.3) is 0 Å². The summed E-state index contributed by atoms with van der Waals surface area (Å²) in [7, 11) is 0. The average Bonchev–Trinajstić information content (AvgIpc) is 2.52. The van der Waals surface area contributed by atoms with E-state index in [1.54, 1.807) is 24.3 Å². The van der Waals surface area contributed by atoms with E-state index < -0.39 is 5.91 Å². The second kappa shape index (κ2) is 7.75. The Bertz CT molecular complexity index is 669. The van der Waals surface area contributed by atoms with Crippen LogP contribution in [0.2, 0.25) is 0 Å². The summed E-state index contributed by atoms with van der Waals surface area (Å²) < 4.78 is 1.02. The summed E-state index contributed by atoms with van der Waals surface area (Å²) in [6.45, 7) is 0.438. The number of carbonyl (C=O) groups excluding carboxylic acids is 2. The molecule has 0 heterocycles. The van der Waals surface area contributed by atoms with Crippen molar-refractivity contribution < 1.29 is 9.59 Å². The number of nitrogens with two attached hydrogens (primary N) is 1. The number of hydrogen-bond donors (Lipinski definition) is 2. The van der Waals surface area contributed by atoms with Crippen molar-refractivity contribution in [3.05, 3.63) is 69.7 Å². The Kier molecular flexibility index (Phi) is 5.72. The highest BCUT2D eigenvalue weighted by atomic mass is 79.9. The van der Waals surface area contributed by atoms with Crippen LogP contribution in [0.25, 0.3) is 0 Å². The molecule has 4 nitrogen and oxygen atoms in total. The van der Waals surface area contributed by atoms with Crippen LogP contribution in [-0.2, 0) is 17.8 Å². The Morgan fingerprint density at radius 3 is 2.36 bits per heavy atom. The van der Waals surface area contributed by atoms with Crippen LogP contribution in [0.3, 0.4) is 0 Å². The lowest BCUT2D eigenvalue weighted by atomic mass is 10.1. The Balaban J connectivity index is 1.80. The molecule has 0 saturated heterocycles. The third-order valence-electron chi connectivity index (χ3n) is 3.31. The van der Waals surface area contributed by atoms with E-state index in [1.165, 1.54) is 0 Å². The summed E-state index contributed by atoms with van der Waals surface area (Å²) in [5.74, 6) is -0.459. The van der Waals surface area contributed by atoms with Gasteiger partial charge in [-0.2, -0.15) is 0 Å². The van der Waals surface area contributed by atoms with Crippen LogP contribution < -0.4 is 11.1 Å². The van der Waals surface area contributed by atoms with Gasteiger partial charge in [0, 0.05) is 23.0 Å². The first-order valence-corrected chi connectivity index (χ1v) is 7.74. The van der Waals surface area contributed by atoms with Crippen molar-refractivity contribution in [2.75, 3.05) is 0 Å². The SMILES string of the molecule is NC(=O)c1ccc(CNC(=O)CCc2ccccc2Br)cc1. The van der Waals surface area contributed by atoms with Crippen molar-refractivity contribution in [2.24, 2.45) is 5.73 Å². The zero-order valence-electron chi connectivity index (χ0n) is 12.0. The Hall–Kier alpha value is -2.14. The smallest absolute Gasteiger partial charge is 0.248 e. The monoisotopic (exact) mass is 360 g/mol. The van der Waals surface area contributed by atoms with Gasteiger partial charge >= 0.3 is 0 Å². The number of benzene rings is 2. The highest BCUT2D eigenvalue weighted by Gasteiger charge is 2.05. The second-order valence-corrected chi connectivity index (χ2v) is 5.78. The van der Waals surface area contributed by atoms with Gasteiger partial charge in [0.15, 0.2) is 0 Å². The van der Waals surface area contributed by atoms with Crippen LogP contribution in [0.1, 0.15) is 27.9 Å². The molecule has 5 heteroatoms. The molecule has 114 valence electrons. The molecular weight excluding hydrogens is 344 g/mol. The van der Waals surface area contributed by atoms with Gasteiger partial charge in [0.2, 0.25) is 11.8 Å². The quantitative estimate of drug-likeness (QED) is 0.831. The van der Waals surface area contributed by atoms with Gasteiger partial charge in [-0.3, -0.25) is 9.59 Å². The van der Waals surface area contributed by atoms with Gasteiger partial charge in [-0.05, 0) is 35.7 Å². The van der Waals surface area contributed by atoms with Crippen LogP contribution in [0.15, 0.2) is 53.0 Å². The number of carbonyl (C=O) groups is 2. The molecule has 0 aromatic heterocycles. The molecule has 0 atom stereocenters. The third-order valence-corrected chi connectivity index (χ3v) is 4.08. The Labute approximate surface area is 137 Å². The summed E-state index contributed by atoms with van der Waals surface area (Å²) in [4.78, 5) is 22.8. The van der Waals surface area contributed by atoms with E-state index in [9.17, 15) is 9.59 Å². The minimum Gasteiger partial charge on any atom is -0.366 e. The number of aryl methyl sites for hydroxylation is 1. The predicted octanol–water partition coefficient (Wildman–Crippen LogP) is 2.80. The molecule has 3 N–H and O–H groups in total. The second-order valence-electron chi connectivity index (χ2n) is 4.93. The molecule has 2 aromatic rings. The first kappa shape index (κ1) is 16.2. The molecule has 0 fully saturated rings. The van der Waals surface area contributed by atoms with Crippen LogP contribution in [0, 0.1) is 0 Å². The van der Waals surface area contributed by atoms with Crippen LogP contribution in [-0.4, -0.2) is 11.8 Å². The zero-order valence-corrected chi connectivity index (χ0v) is 13.6. The number of nitrogens with one attached hydrogen (secondary N) is 1. The van der Waals surface area contributed by atoms with E-state index in [2.05, 4.69) is 21.2 Å². The lowest BCUT2D eigenvalue weighted by Gasteiger charge is -2.07. The molecule has 0 aliphatic rings. The number of amides is 2. The highest BCUT2D eigenvalue weighted by Crippen LogP contribution is 2.17. The lowest BCUT2D eigenvalue weighted by molar-refractivity contribution is -0.121. The van der Waals surface area contributed by atoms with Gasteiger partial charge in [-0.15, -0.1) is 0 Å². The van der Waals surface area contributed by atoms with E-state index in [0.29, 0.717) is 24.9 Å². The zero-order chi connectivity index (χ0) is 15.9. The third kappa shape index (κ3) is 4.70. The summed E-state index contributed by atoms with van der Waals surface area (Å²) in [5.41, 5.74) is 7.69. The number of rotatable bonds is 6. The molecular formula is C17H17BrN2O2. The topological polar surface area (TPSA) is 72.2 Å². The van der Waals surface area contributed by atoms with Crippen molar-refractivity contribution in [3.8, 4) is 0 Å². The van der Waals surface area contributed by atoms with Crippen LogP contribution in [0.5, 0.6) is 0 Å². The van der Waals surface area contributed by atoms with E-state index >= 15 is 0 Å². The molecule has 0 radical (unpaired) electrons. The summed E-state index contributed by atoms with van der Waals surface area (Å²) >= 11 is 3.47. The van der Waals surface area contributed by atoms with Gasteiger partial charge < -0.3 is 11.1 Å². The molecule has 22 heavy (non-hydrogen) atoms. The standard InChI is InChI=1S/C17H17BrN2O2/c18-15-4-2-1-3-13(15)9-10-16(21)20-11-12-5-7-14(8-6-12)17(19)22/h1-8H,9-11H2,(H2,19,22)(H,20,21). The predicted molar refractivity (Wildman–Crippen MR) is 89.3 cm³/mol. The molecule has 0 unspecified atom stereocenters. The van der Waals surface area contributed by atoms with Gasteiger partial charge in [0.05, 0.1) is 0 Å². The van der Waals surface area contributed by atoms with Gasteiger partial charge in [-0.25, -0.2) is 0 Å². The van der Waals surface area contributed by atoms with Crippen molar-refractivity contribution in [1.29, 1.82) is 0 Å². The molecule has 0 spiro atoms. The Morgan fingerprint density at radius 2 is 1.73 bits per heavy atom. The number of hydrogen-bond acceptors (Lipinski definition) is 2. The molecule has 2 amide bonds. The fraction of sp³-hybridized carbons (Fsp3) is 0.176. The summed E-state index contributed by atoms with van der Waals surface area (Å²) in [6.07, 6.45) is 1.12. The summed E-state index contributed by atoms with van der Waals surface area (Å²) in [5, 5.41) is 2.87. The number of primary amides is 1. The first-order chi connectivity index (χ1) is 10.6. The van der Waals surface area contributed by atoms with Gasteiger partial charge in [-0.1, -0.05) is 46.3 Å². The molecule has 0 saturated carbocycles. The van der Waals surface area contributed by atoms with Crippen LogP contribution >= 0.6 is 15.9 Å². The molecule has 2 aromatic carbocycles. The lowest BCUT2D eigenvalue weighted by Crippen LogP contribution is -2.23. The minimum absolute atomic E-state index is 0.00488. The van der Waals surface area contributed by atoms with Crippen molar-refractivity contribution >= 4 is 27.7 Å². The fourth-order valence-electron chi connectivity index (χ4n) is 2.03. The van der Waals surface area contributed by atoms with Crippen LogP contribution in [0.4, 0.5) is 0 Å². The highest BCUT2D eigenvalue weighted by molar-refractivity contribution is 9.10. The first-order valence-electron chi connectivity index (χ1n) is 6.95. The number of halogens is 1. The largest absolute Gasteiger partial charge is 0.366 e. The van der Waals surface area contributed by atoms with E-state index in [0.717, 1.165) is 15.6 Å². The molecule has 0 aliphatic carbocycles. The maximum atomic E-state index is 11.9. The maximum Gasteiger partial charge on any atom is 0.248 e. The van der Waals surface area contributed by atoms with Crippen molar-refractivity contribution in [2.45, 2.75) is 19.4 Å². The normalized spacial score (nSPS) is 10.2. The maximum absolute atomic E-state index is 11.9. The average molecular weight is 361 g/mol. The minimum atomic E-state index is -0.455. The molecule has 2 rings (SSSR count). The van der Waals surface area contributed by atoms with E-state index in [-0.39, 0.29) is 5.91 Å². The van der Waals surface area contributed by atoms with Gasteiger partial charge in [0.1, 0.15) is 0 Å². The Morgan fingerprint density at radius 1 is 1.05 bits per heavy atom. The van der Waals surface area contributed by atoms with Crippen molar-refractivity contribution in [3.63, 3.8) is 0 Å². The summed E-state index contributed by atoms with van der Waals surface area (Å²) in [6, 6.07) is 14.8.